The molecule has 0 bridgehead atoms. The number of nitrogens with one attached hydrogen (secondary N) is 1. The standard InChI is InChI=1S/C17H24N2O4/c1-11(2)13(15(21)22)18-16(23)17(3,4)19(5)14(20)12-9-7-6-8-10-12/h6-11,13H,1-5H3,(H,18,23)(H,21,22)/t13-/m0/s1. The summed E-state index contributed by atoms with van der Waals surface area (Å²) in [5.41, 5.74) is -0.718. The van der Waals surface area contributed by atoms with Gasteiger partial charge >= 0.3 is 5.97 Å². The summed E-state index contributed by atoms with van der Waals surface area (Å²) in [6.07, 6.45) is 0. The zero-order chi connectivity index (χ0) is 17.8. The zero-order valence-electron chi connectivity index (χ0n) is 14.2. The summed E-state index contributed by atoms with van der Waals surface area (Å²) in [5.74, 6) is -2.17. The molecular formula is C17H24N2O4. The van der Waals surface area contributed by atoms with Gasteiger partial charge in [0.25, 0.3) is 5.91 Å². The molecule has 0 aromatic heterocycles. The number of carboxylic acids is 1. The lowest BCUT2D eigenvalue weighted by Crippen LogP contribution is -2.59. The highest BCUT2D eigenvalue weighted by atomic mass is 16.4. The minimum absolute atomic E-state index is 0.262. The third-order valence-electron chi connectivity index (χ3n) is 3.94. The molecular weight excluding hydrogens is 296 g/mol. The van der Waals surface area contributed by atoms with Gasteiger partial charge in [0.05, 0.1) is 0 Å². The Labute approximate surface area is 136 Å². The van der Waals surface area contributed by atoms with Crippen LogP contribution in [0.25, 0.3) is 0 Å². The topological polar surface area (TPSA) is 86.7 Å². The van der Waals surface area contributed by atoms with E-state index in [9.17, 15) is 19.5 Å². The Kier molecular flexibility index (Phi) is 5.90. The SMILES string of the molecule is CC(C)[C@H](NC(=O)C(C)(C)N(C)C(=O)c1ccccc1)C(=O)O. The molecule has 0 spiro atoms. The highest BCUT2D eigenvalue weighted by Gasteiger charge is 2.38. The number of carbonyl (C=O) groups excluding carboxylic acids is 2. The molecule has 6 nitrogen and oxygen atoms in total. The first kappa shape index (κ1) is 18.7. The molecule has 0 saturated carbocycles. The van der Waals surface area contributed by atoms with E-state index in [-0.39, 0.29) is 11.8 Å². The molecule has 1 atom stereocenters. The second-order valence-electron chi connectivity index (χ2n) is 6.32. The van der Waals surface area contributed by atoms with E-state index in [2.05, 4.69) is 5.32 Å². The van der Waals surface area contributed by atoms with E-state index in [0.29, 0.717) is 5.56 Å². The molecule has 6 heteroatoms. The van der Waals surface area contributed by atoms with Crippen molar-refractivity contribution < 1.29 is 19.5 Å². The van der Waals surface area contributed by atoms with Gasteiger partial charge in [0, 0.05) is 12.6 Å². The smallest absolute Gasteiger partial charge is 0.326 e. The van der Waals surface area contributed by atoms with Crippen LogP contribution in [0.3, 0.4) is 0 Å². The van der Waals surface area contributed by atoms with Crippen molar-refractivity contribution in [3.05, 3.63) is 35.9 Å². The third-order valence-corrected chi connectivity index (χ3v) is 3.94. The molecule has 0 unspecified atom stereocenters. The number of nitrogens with zero attached hydrogens (tertiary/aromatic N) is 1. The van der Waals surface area contributed by atoms with Crippen LogP contribution in [0, 0.1) is 5.92 Å². The number of amides is 2. The highest BCUT2D eigenvalue weighted by Crippen LogP contribution is 2.17. The van der Waals surface area contributed by atoms with Crippen LogP contribution in [0.1, 0.15) is 38.1 Å². The number of hydrogen-bond acceptors (Lipinski definition) is 3. The van der Waals surface area contributed by atoms with Gasteiger partial charge < -0.3 is 15.3 Å². The Hall–Kier alpha value is -2.37. The molecule has 2 N–H and O–H groups in total. The Morgan fingerprint density at radius 3 is 2.09 bits per heavy atom. The van der Waals surface area contributed by atoms with Crippen LogP contribution in [-0.2, 0) is 9.59 Å². The fourth-order valence-electron chi connectivity index (χ4n) is 2.01. The molecule has 126 valence electrons. The predicted molar refractivity (Wildman–Crippen MR) is 87.0 cm³/mol. The average Bonchev–Trinajstić information content (AvgIpc) is 2.50. The first-order valence-corrected chi connectivity index (χ1v) is 7.46. The third kappa shape index (κ3) is 4.31. The minimum Gasteiger partial charge on any atom is -0.480 e. The lowest BCUT2D eigenvalue weighted by Gasteiger charge is -2.35. The Morgan fingerprint density at radius 2 is 1.65 bits per heavy atom. The van der Waals surface area contributed by atoms with Crippen molar-refractivity contribution in [2.45, 2.75) is 39.3 Å². The van der Waals surface area contributed by atoms with E-state index in [0.717, 1.165) is 0 Å². The van der Waals surface area contributed by atoms with Gasteiger partial charge in [-0.25, -0.2) is 4.79 Å². The van der Waals surface area contributed by atoms with E-state index in [1.807, 2.05) is 0 Å². The van der Waals surface area contributed by atoms with Gasteiger partial charge in [-0.1, -0.05) is 32.0 Å². The normalized spacial score (nSPS) is 12.6. The predicted octanol–water partition coefficient (Wildman–Crippen LogP) is 1.76. The zero-order valence-corrected chi connectivity index (χ0v) is 14.2. The van der Waals surface area contributed by atoms with Crippen molar-refractivity contribution in [1.82, 2.24) is 10.2 Å². The van der Waals surface area contributed by atoms with Crippen molar-refractivity contribution in [1.29, 1.82) is 0 Å². The van der Waals surface area contributed by atoms with E-state index < -0.39 is 23.5 Å². The summed E-state index contributed by atoms with van der Waals surface area (Å²) < 4.78 is 0. The van der Waals surface area contributed by atoms with E-state index in [4.69, 9.17) is 0 Å². The lowest BCUT2D eigenvalue weighted by molar-refractivity contribution is -0.144. The number of benzene rings is 1. The van der Waals surface area contributed by atoms with Gasteiger partial charge in [0.2, 0.25) is 5.91 Å². The molecule has 0 aliphatic heterocycles. The summed E-state index contributed by atoms with van der Waals surface area (Å²) in [7, 11) is 1.53. The average molecular weight is 320 g/mol. The van der Waals surface area contributed by atoms with Crippen molar-refractivity contribution in [2.75, 3.05) is 7.05 Å². The molecule has 0 radical (unpaired) electrons. The summed E-state index contributed by atoms with van der Waals surface area (Å²) in [6, 6.07) is 7.62. The fraction of sp³-hybridized carbons (Fsp3) is 0.471. The van der Waals surface area contributed by atoms with Crippen LogP contribution in [-0.4, -0.2) is 46.4 Å². The minimum atomic E-state index is -1.19. The Morgan fingerprint density at radius 1 is 1.13 bits per heavy atom. The van der Waals surface area contributed by atoms with Gasteiger partial charge in [0.15, 0.2) is 0 Å². The van der Waals surface area contributed by atoms with E-state index in [1.54, 1.807) is 58.0 Å². The molecule has 2 amide bonds. The maximum atomic E-state index is 12.5. The summed E-state index contributed by atoms with van der Waals surface area (Å²) >= 11 is 0. The summed E-state index contributed by atoms with van der Waals surface area (Å²) in [5, 5.41) is 11.7. The van der Waals surface area contributed by atoms with Crippen LogP contribution in [0.5, 0.6) is 0 Å². The van der Waals surface area contributed by atoms with E-state index >= 15 is 0 Å². The number of hydrogen-bond donors (Lipinski definition) is 2. The molecule has 0 fully saturated rings. The van der Waals surface area contributed by atoms with Crippen molar-refractivity contribution >= 4 is 17.8 Å². The quantitative estimate of drug-likeness (QED) is 0.836. The maximum Gasteiger partial charge on any atom is 0.326 e. The number of carbonyl (C=O) groups is 3. The monoisotopic (exact) mass is 320 g/mol. The fourth-order valence-corrected chi connectivity index (χ4v) is 2.01. The Bertz CT molecular complexity index is 582. The molecule has 0 saturated heterocycles. The van der Waals surface area contributed by atoms with Crippen LogP contribution >= 0.6 is 0 Å². The number of rotatable bonds is 6. The maximum absolute atomic E-state index is 12.5. The molecule has 0 heterocycles. The van der Waals surface area contributed by atoms with Crippen molar-refractivity contribution in [3.8, 4) is 0 Å². The van der Waals surface area contributed by atoms with Crippen LogP contribution < -0.4 is 5.32 Å². The van der Waals surface area contributed by atoms with Gasteiger partial charge in [0.1, 0.15) is 11.6 Å². The second kappa shape index (κ2) is 7.26. The first-order chi connectivity index (χ1) is 10.6. The number of carboxylic acid groups (broad SMARTS) is 1. The molecule has 0 aliphatic rings. The summed E-state index contributed by atoms with van der Waals surface area (Å²) in [4.78, 5) is 37.5. The lowest BCUT2D eigenvalue weighted by atomic mass is 9.98. The van der Waals surface area contributed by atoms with Crippen molar-refractivity contribution in [2.24, 2.45) is 5.92 Å². The largest absolute Gasteiger partial charge is 0.480 e. The van der Waals surface area contributed by atoms with Gasteiger partial charge in [-0.05, 0) is 31.9 Å². The number of aliphatic carboxylic acids is 1. The summed E-state index contributed by atoms with van der Waals surface area (Å²) in [6.45, 7) is 6.60. The van der Waals surface area contributed by atoms with Crippen molar-refractivity contribution in [3.63, 3.8) is 0 Å². The second-order valence-corrected chi connectivity index (χ2v) is 6.32. The van der Waals surface area contributed by atoms with Crippen LogP contribution in [0.4, 0.5) is 0 Å². The van der Waals surface area contributed by atoms with Gasteiger partial charge in [-0.15, -0.1) is 0 Å². The Balaban J connectivity index is 2.94. The molecule has 0 aliphatic carbocycles. The molecule has 1 aromatic carbocycles. The molecule has 1 rings (SSSR count). The first-order valence-electron chi connectivity index (χ1n) is 7.46. The molecule has 23 heavy (non-hydrogen) atoms. The van der Waals surface area contributed by atoms with Gasteiger partial charge in [-0.2, -0.15) is 0 Å². The van der Waals surface area contributed by atoms with E-state index in [1.165, 1.54) is 11.9 Å². The van der Waals surface area contributed by atoms with Gasteiger partial charge in [-0.3, -0.25) is 9.59 Å². The van der Waals surface area contributed by atoms with Crippen LogP contribution in [0.2, 0.25) is 0 Å². The van der Waals surface area contributed by atoms with Crippen LogP contribution in [0.15, 0.2) is 30.3 Å². The molecule has 1 aromatic rings. The highest BCUT2D eigenvalue weighted by molar-refractivity contribution is 5.99. The number of likely N-dealkylation sites (N-methyl/N-ethyl adjacent to an activating group) is 1.